The van der Waals surface area contributed by atoms with Gasteiger partial charge in [-0.25, -0.2) is 6.57 Å². The van der Waals surface area contributed by atoms with Gasteiger partial charge in [0.25, 0.3) is 0 Å². The lowest BCUT2D eigenvalue weighted by Gasteiger charge is -2.04. The molecule has 2 rings (SSSR count). The maximum Gasteiger partial charge on any atom is 0.246 e. The van der Waals surface area contributed by atoms with Crippen molar-refractivity contribution >= 4 is 10.8 Å². The van der Waals surface area contributed by atoms with Crippen molar-refractivity contribution < 1.29 is 0 Å². The smallest absolute Gasteiger partial charge is 0.246 e. The molecular weight excluding hydrogens is 170 g/mol. The standard InChI is InChI=1S/C13H11N/c1-10(14-2)12-9-5-7-11-6-3-4-8-13(11)12/h3-10H,1H3. The van der Waals surface area contributed by atoms with Gasteiger partial charge in [-0.2, -0.15) is 0 Å². The Labute approximate surface area is 83.8 Å². The van der Waals surface area contributed by atoms with Gasteiger partial charge < -0.3 is 4.85 Å². The molecule has 0 radical (unpaired) electrons. The molecular formula is C13H11N. The van der Waals surface area contributed by atoms with E-state index >= 15 is 0 Å². The first-order valence-electron chi connectivity index (χ1n) is 4.67. The van der Waals surface area contributed by atoms with Gasteiger partial charge in [0.1, 0.15) is 0 Å². The van der Waals surface area contributed by atoms with E-state index in [1.807, 2.05) is 31.2 Å². The van der Waals surface area contributed by atoms with Crippen LogP contribution in [0.5, 0.6) is 0 Å². The van der Waals surface area contributed by atoms with Crippen LogP contribution < -0.4 is 0 Å². The quantitative estimate of drug-likeness (QED) is 0.589. The van der Waals surface area contributed by atoms with E-state index in [1.165, 1.54) is 10.8 Å². The molecule has 0 heterocycles. The van der Waals surface area contributed by atoms with Gasteiger partial charge in [0.15, 0.2) is 0 Å². The number of hydrogen-bond acceptors (Lipinski definition) is 0. The molecule has 0 saturated heterocycles. The second kappa shape index (κ2) is 3.51. The summed E-state index contributed by atoms with van der Waals surface area (Å²) < 4.78 is 0. The molecule has 0 aliphatic rings. The third kappa shape index (κ3) is 1.36. The normalized spacial score (nSPS) is 12.3. The zero-order valence-corrected chi connectivity index (χ0v) is 8.07. The van der Waals surface area contributed by atoms with Crippen LogP contribution in [0, 0.1) is 6.57 Å². The summed E-state index contributed by atoms with van der Waals surface area (Å²) in [5, 5.41) is 2.40. The minimum atomic E-state index is -0.0545. The molecule has 0 bridgehead atoms. The van der Waals surface area contributed by atoms with Crippen LogP contribution in [0.25, 0.3) is 15.6 Å². The highest BCUT2D eigenvalue weighted by atomic mass is 14.7. The second-order valence-corrected chi connectivity index (χ2v) is 3.37. The van der Waals surface area contributed by atoms with Crippen molar-refractivity contribution in [2.24, 2.45) is 0 Å². The number of fused-ring (bicyclic) bond motifs is 1. The number of nitrogens with zero attached hydrogens (tertiary/aromatic N) is 1. The molecule has 2 aromatic rings. The molecule has 1 atom stereocenters. The fraction of sp³-hybridized carbons (Fsp3) is 0.154. The molecule has 0 amide bonds. The molecule has 14 heavy (non-hydrogen) atoms. The maximum absolute atomic E-state index is 7.05. The summed E-state index contributed by atoms with van der Waals surface area (Å²) in [6, 6.07) is 14.3. The highest BCUT2D eigenvalue weighted by molar-refractivity contribution is 5.86. The van der Waals surface area contributed by atoms with E-state index in [1.54, 1.807) is 0 Å². The molecule has 0 aliphatic carbocycles. The summed E-state index contributed by atoms with van der Waals surface area (Å²) in [6.45, 7) is 8.99. The summed E-state index contributed by atoms with van der Waals surface area (Å²) >= 11 is 0. The van der Waals surface area contributed by atoms with Crippen LogP contribution in [-0.2, 0) is 0 Å². The lowest BCUT2D eigenvalue weighted by atomic mass is 10.0. The number of benzene rings is 2. The van der Waals surface area contributed by atoms with E-state index in [4.69, 9.17) is 6.57 Å². The largest absolute Gasteiger partial charge is 0.309 e. The first kappa shape index (κ1) is 8.77. The summed E-state index contributed by atoms with van der Waals surface area (Å²) in [4.78, 5) is 3.56. The molecule has 0 aromatic heterocycles. The predicted octanol–water partition coefficient (Wildman–Crippen LogP) is 3.82. The van der Waals surface area contributed by atoms with Crippen LogP contribution >= 0.6 is 0 Å². The van der Waals surface area contributed by atoms with Crippen LogP contribution in [0.15, 0.2) is 42.5 Å². The Morgan fingerprint density at radius 3 is 2.57 bits per heavy atom. The van der Waals surface area contributed by atoms with Crippen LogP contribution in [-0.4, -0.2) is 0 Å². The lowest BCUT2D eigenvalue weighted by Crippen LogP contribution is -1.88. The van der Waals surface area contributed by atoms with Crippen LogP contribution in [0.4, 0.5) is 0 Å². The molecule has 0 aliphatic heterocycles. The van der Waals surface area contributed by atoms with Crippen LogP contribution in [0.3, 0.4) is 0 Å². The minimum Gasteiger partial charge on any atom is -0.309 e. The van der Waals surface area contributed by atoms with E-state index in [0.717, 1.165) is 5.56 Å². The molecule has 68 valence electrons. The van der Waals surface area contributed by atoms with Crippen LogP contribution in [0.1, 0.15) is 18.5 Å². The third-order valence-electron chi connectivity index (χ3n) is 2.47. The Morgan fingerprint density at radius 2 is 1.79 bits per heavy atom. The molecule has 1 unspecified atom stereocenters. The average molecular weight is 181 g/mol. The van der Waals surface area contributed by atoms with E-state index < -0.39 is 0 Å². The molecule has 1 heteroatoms. The van der Waals surface area contributed by atoms with Crippen molar-refractivity contribution in [2.75, 3.05) is 0 Å². The van der Waals surface area contributed by atoms with Crippen LogP contribution in [0.2, 0.25) is 0 Å². The second-order valence-electron chi connectivity index (χ2n) is 3.37. The van der Waals surface area contributed by atoms with Crippen molar-refractivity contribution in [1.29, 1.82) is 0 Å². The Balaban J connectivity index is 2.72. The first-order chi connectivity index (χ1) is 6.83. The van der Waals surface area contributed by atoms with Crippen molar-refractivity contribution in [1.82, 2.24) is 0 Å². The van der Waals surface area contributed by atoms with Gasteiger partial charge in [0.2, 0.25) is 6.04 Å². The van der Waals surface area contributed by atoms with Gasteiger partial charge in [0, 0.05) is 12.5 Å². The SMILES string of the molecule is [C-]#[N+]C(C)c1cccc2ccccc12. The minimum absolute atomic E-state index is 0.0545. The maximum atomic E-state index is 7.05. The van der Waals surface area contributed by atoms with Crippen molar-refractivity contribution in [3.63, 3.8) is 0 Å². The Kier molecular flexibility index (Phi) is 2.20. The van der Waals surface area contributed by atoms with Crippen molar-refractivity contribution in [2.45, 2.75) is 13.0 Å². The third-order valence-corrected chi connectivity index (χ3v) is 2.47. The van der Waals surface area contributed by atoms with Gasteiger partial charge in [0.05, 0.1) is 0 Å². The van der Waals surface area contributed by atoms with E-state index in [0.29, 0.717) is 0 Å². The topological polar surface area (TPSA) is 4.36 Å². The van der Waals surface area contributed by atoms with Crippen molar-refractivity contribution in [3.8, 4) is 0 Å². The van der Waals surface area contributed by atoms with Gasteiger partial charge in [-0.15, -0.1) is 0 Å². The van der Waals surface area contributed by atoms with E-state index in [9.17, 15) is 0 Å². The lowest BCUT2D eigenvalue weighted by molar-refractivity contribution is 0.974. The Bertz CT molecular complexity index is 489. The monoisotopic (exact) mass is 181 g/mol. The fourth-order valence-corrected chi connectivity index (χ4v) is 1.68. The highest BCUT2D eigenvalue weighted by Gasteiger charge is 2.10. The molecule has 0 fully saturated rings. The van der Waals surface area contributed by atoms with Gasteiger partial charge in [-0.3, -0.25) is 0 Å². The van der Waals surface area contributed by atoms with Gasteiger partial charge >= 0.3 is 0 Å². The fourth-order valence-electron chi connectivity index (χ4n) is 1.68. The molecule has 0 saturated carbocycles. The van der Waals surface area contributed by atoms with E-state index in [2.05, 4.69) is 23.0 Å². The zero-order chi connectivity index (χ0) is 9.97. The summed E-state index contributed by atoms with van der Waals surface area (Å²) in [6.07, 6.45) is 0. The molecule has 2 aromatic carbocycles. The Hall–Kier alpha value is -1.81. The summed E-state index contributed by atoms with van der Waals surface area (Å²) in [5.74, 6) is 0. The molecule has 0 N–H and O–H groups in total. The van der Waals surface area contributed by atoms with Crippen molar-refractivity contribution in [3.05, 3.63) is 59.4 Å². The van der Waals surface area contributed by atoms with Gasteiger partial charge in [-0.1, -0.05) is 42.5 Å². The highest BCUT2D eigenvalue weighted by Crippen LogP contribution is 2.25. The molecule has 1 nitrogen and oxygen atoms in total. The van der Waals surface area contributed by atoms with E-state index in [-0.39, 0.29) is 6.04 Å². The predicted molar refractivity (Wildman–Crippen MR) is 59.0 cm³/mol. The zero-order valence-electron chi connectivity index (χ0n) is 8.07. The Morgan fingerprint density at radius 1 is 1.07 bits per heavy atom. The number of rotatable bonds is 1. The number of hydrogen-bond donors (Lipinski definition) is 0. The average Bonchev–Trinajstić information content (AvgIpc) is 2.27. The van der Waals surface area contributed by atoms with Gasteiger partial charge in [-0.05, 0) is 10.8 Å². The summed E-state index contributed by atoms with van der Waals surface area (Å²) in [7, 11) is 0. The first-order valence-corrected chi connectivity index (χ1v) is 4.67. The molecule has 0 spiro atoms. The summed E-state index contributed by atoms with van der Waals surface area (Å²) in [5.41, 5.74) is 1.12.